The van der Waals surface area contributed by atoms with Crippen LogP contribution in [0.25, 0.3) is 9.75 Å². The predicted octanol–water partition coefficient (Wildman–Crippen LogP) is 3.06. The molecule has 2 aromatic heterocycles. The molecule has 0 atom stereocenters. The summed E-state index contributed by atoms with van der Waals surface area (Å²) in [6, 6.07) is 6.08. The quantitative estimate of drug-likeness (QED) is 0.719. The second-order valence-electron chi connectivity index (χ2n) is 2.18. The molecule has 0 amide bonds. The Bertz CT molecular complexity index is 335. The van der Waals surface area contributed by atoms with E-state index in [1.165, 1.54) is 9.75 Å². The van der Waals surface area contributed by atoms with Gasteiger partial charge in [0.15, 0.2) is 0 Å². The molecule has 1 nitrogen and oxygen atoms in total. The normalized spacial score (nSPS) is 10.2. The molecular formula is C8H7NS2. The highest BCUT2D eigenvalue weighted by Gasteiger charge is 2.03. The van der Waals surface area contributed by atoms with Crippen LogP contribution in [0, 0.1) is 0 Å². The molecule has 0 aliphatic rings. The van der Waals surface area contributed by atoms with Crippen LogP contribution in [-0.2, 0) is 0 Å². The van der Waals surface area contributed by atoms with E-state index in [0.29, 0.717) is 0 Å². The number of hydrogen-bond acceptors (Lipinski definition) is 3. The number of anilines is 1. The standard InChI is InChI=1S/C8H7NS2/c9-6-3-5-11-8(6)7-2-1-4-10-7/h1-5H,9H2. The van der Waals surface area contributed by atoms with E-state index in [1.807, 2.05) is 17.5 Å². The molecule has 0 saturated carbocycles. The maximum absolute atomic E-state index is 5.75. The largest absolute Gasteiger partial charge is 0.398 e. The molecule has 2 N–H and O–H groups in total. The Morgan fingerprint density at radius 1 is 1.09 bits per heavy atom. The maximum atomic E-state index is 5.75. The summed E-state index contributed by atoms with van der Waals surface area (Å²) < 4.78 is 0. The van der Waals surface area contributed by atoms with Crippen LogP contribution in [0.15, 0.2) is 29.0 Å². The Hall–Kier alpha value is -0.800. The molecule has 0 aliphatic heterocycles. The van der Waals surface area contributed by atoms with Gasteiger partial charge in [0.05, 0.1) is 10.6 Å². The van der Waals surface area contributed by atoms with Gasteiger partial charge in [-0.2, -0.15) is 0 Å². The lowest BCUT2D eigenvalue weighted by Crippen LogP contribution is -1.80. The molecule has 0 saturated heterocycles. The van der Waals surface area contributed by atoms with Crippen LogP contribution in [0.4, 0.5) is 5.69 Å². The molecule has 0 radical (unpaired) electrons. The van der Waals surface area contributed by atoms with Gasteiger partial charge < -0.3 is 5.73 Å². The zero-order chi connectivity index (χ0) is 7.68. The van der Waals surface area contributed by atoms with Gasteiger partial charge in [0.25, 0.3) is 0 Å². The molecule has 2 heterocycles. The van der Waals surface area contributed by atoms with Crippen molar-refractivity contribution in [2.24, 2.45) is 0 Å². The molecular weight excluding hydrogens is 174 g/mol. The predicted molar refractivity (Wildman–Crippen MR) is 52.0 cm³/mol. The monoisotopic (exact) mass is 181 g/mol. The lowest BCUT2D eigenvalue weighted by molar-refractivity contribution is 1.85. The summed E-state index contributed by atoms with van der Waals surface area (Å²) in [5.74, 6) is 0. The van der Waals surface area contributed by atoms with Gasteiger partial charge in [-0.1, -0.05) is 6.07 Å². The number of nitrogens with two attached hydrogens (primary N) is 1. The minimum atomic E-state index is 0.887. The average Bonchev–Trinajstić information content (AvgIpc) is 2.55. The minimum absolute atomic E-state index is 0.887. The van der Waals surface area contributed by atoms with E-state index in [4.69, 9.17) is 5.73 Å². The van der Waals surface area contributed by atoms with E-state index in [2.05, 4.69) is 11.4 Å². The van der Waals surface area contributed by atoms with Gasteiger partial charge in [-0.25, -0.2) is 0 Å². The van der Waals surface area contributed by atoms with Crippen molar-refractivity contribution in [1.82, 2.24) is 0 Å². The Morgan fingerprint density at radius 2 is 2.00 bits per heavy atom. The van der Waals surface area contributed by atoms with Crippen molar-refractivity contribution in [3.63, 3.8) is 0 Å². The first kappa shape index (κ1) is 6.88. The average molecular weight is 181 g/mol. The van der Waals surface area contributed by atoms with Gasteiger partial charge in [0.1, 0.15) is 0 Å². The van der Waals surface area contributed by atoms with E-state index >= 15 is 0 Å². The summed E-state index contributed by atoms with van der Waals surface area (Å²) in [6.07, 6.45) is 0. The van der Waals surface area contributed by atoms with E-state index in [0.717, 1.165) is 5.69 Å². The van der Waals surface area contributed by atoms with E-state index in [1.54, 1.807) is 22.7 Å². The Balaban J connectivity index is 2.53. The molecule has 3 heteroatoms. The molecule has 0 unspecified atom stereocenters. The van der Waals surface area contributed by atoms with Crippen molar-refractivity contribution in [2.45, 2.75) is 0 Å². The summed E-state index contributed by atoms with van der Waals surface area (Å²) in [5.41, 5.74) is 6.64. The number of rotatable bonds is 1. The fourth-order valence-corrected chi connectivity index (χ4v) is 2.64. The number of hydrogen-bond donors (Lipinski definition) is 1. The highest BCUT2D eigenvalue weighted by Crippen LogP contribution is 2.34. The lowest BCUT2D eigenvalue weighted by atomic mass is 10.3. The van der Waals surface area contributed by atoms with Crippen LogP contribution in [0.1, 0.15) is 0 Å². The topological polar surface area (TPSA) is 26.0 Å². The van der Waals surface area contributed by atoms with Crippen molar-refractivity contribution in [3.8, 4) is 9.75 Å². The first-order valence-corrected chi connectivity index (χ1v) is 5.00. The van der Waals surface area contributed by atoms with Gasteiger partial charge in [0.2, 0.25) is 0 Å². The van der Waals surface area contributed by atoms with Crippen molar-refractivity contribution in [1.29, 1.82) is 0 Å². The minimum Gasteiger partial charge on any atom is -0.398 e. The second-order valence-corrected chi connectivity index (χ2v) is 4.05. The highest BCUT2D eigenvalue weighted by atomic mass is 32.1. The first-order valence-electron chi connectivity index (χ1n) is 3.25. The Labute approximate surface area is 73.1 Å². The third-order valence-corrected chi connectivity index (χ3v) is 3.42. The van der Waals surface area contributed by atoms with Crippen molar-refractivity contribution in [2.75, 3.05) is 5.73 Å². The summed E-state index contributed by atoms with van der Waals surface area (Å²) in [6.45, 7) is 0. The highest BCUT2D eigenvalue weighted by molar-refractivity contribution is 7.20. The van der Waals surface area contributed by atoms with E-state index < -0.39 is 0 Å². The molecule has 0 aromatic carbocycles. The lowest BCUT2D eigenvalue weighted by Gasteiger charge is -1.91. The Morgan fingerprint density at radius 3 is 2.55 bits per heavy atom. The molecule has 2 aromatic rings. The SMILES string of the molecule is Nc1ccsc1-c1cccs1. The van der Waals surface area contributed by atoms with Crippen molar-refractivity contribution >= 4 is 28.4 Å². The van der Waals surface area contributed by atoms with Crippen LogP contribution < -0.4 is 5.73 Å². The van der Waals surface area contributed by atoms with E-state index in [-0.39, 0.29) is 0 Å². The van der Waals surface area contributed by atoms with Gasteiger partial charge >= 0.3 is 0 Å². The van der Waals surface area contributed by atoms with Crippen molar-refractivity contribution in [3.05, 3.63) is 29.0 Å². The van der Waals surface area contributed by atoms with Crippen LogP contribution in [0.2, 0.25) is 0 Å². The summed E-state index contributed by atoms with van der Waals surface area (Å²) in [4.78, 5) is 2.46. The van der Waals surface area contributed by atoms with Crippen LogP contribution >= 0.6 is 22.7 Å². The smallest absolute Gasteiger partial charge is 0.0671 e. The molecule has 0 bridgehead atoms. The maximum Gasteiger partial charge on any atom is 0.0671 e. The van der Waals surface area contributed by atoms with Gasteiger partial charge in [-0.15, -0.1) is 22.7 Å². The molecule has 0 fully saturated rings. The third kappa shape index (κ3) is 1.17. The molecule has 0 aliphatic carbocycles. The first-order chi connectivity index (χ1) is 5.38. The zero-order valence-corrected chi connectivity index (χ0v) is 7.41. The summed E-state index contributed by atoms with van der Waals surface area (Å²) in [5, 5.41) is 4.08. The zero-order valence-electron chi connectivity index (χ0n) is 5.78. The second kappa shape index (κ2) is 2.68. The van der Waals surface area contributed by atoms with Gasteiger partial charge in [0, 0.05) is 4.88 Å². The summed E-state index contributed by atoms with van der Waals surface area (Å²) >= 11 is 3.42. The van der Waals surface area contributed by atoms with Gasteiger partial charge in [-0.3, -0.25) is 0 Å². The molecule has 11 heavy (non-hydrogen) atoms. The fourth-order valence-electron chi connectivity index (χ4n) is 0.927. The number of nitrogen functional groups attached to an aromatic ring is 1. The molecule has 2 rings (SSSR count). The van der Waals surface area contributed by atoms with E-state index in [9.17, 15) is 0 Å². The summed E-state index contributed by atoms with van der Waals surface area (Å²) in [7, 11) is 0. The molecule has 56 valence electrons. The fraction of sp³-hybridized carbons (Fsp3) is 0. The van der Waals surface area contributed by atoms with Crippen LogP contribution in [-0.4, -0.2) is 0 Å². The van der Waals surface area contributed by atoms with Crippen LogP contribution in [0.5, 0.6) is 0 Å². The van der Waals surface area contributed by atoms with Crippen LogP contribution in [0.3, 0.4) is 0 Å². The molecule has 0 spiro atoms. The van der Waals surface area contributed by atoms with Gasteiger partial charge in [-0.05, 0) is 22.9 Å². The number of thiophene rings is 2. The third-order valence-electron chi connectivity index (χ3n) is 1.44. The van der Waals surface area contributed by atoms with Crippen molar-refractivity contribution < 1.29 is 0 Å². The Kier molecular flexibility index (Phi) is 1.68.